The first-order valence-corrected chi connectivity index (χ1v) is 10.1. The van der Waals surface area contributed by atoms with E-state index in [0.717, 1.165) is 62.7 Å². The molecule has 0 bridgehead atoms. The van der Waals surface area contributed by atoms with Crippen LogP contribution >= 0.6 is 0 Å². The smallest absolute Gasteiger partial charge is 0.407 e. The number of hydrogen-bond acceptors (Lipinski definition) is 7. The summed E-state index contributed by atoms with van der Waals surface area (Å²) in [5.74, 6) is 0.845. The van der Waals surface area contributed by atoms with Crippen LogP contribution in [0, 0.1) is 19.3 Å². The maximum absolute atomic E-state index is 11.6. The van der Waals surface area contributed by atoms with Gasteiger partial charge in [-0.25, -0.2) is 14.8 Å². The Bertz CT molecular complexity index is 631. The van der Waals surface area contributed by atoms with E-state index >= 15 is 0 Å². The third kappa shape index (κ3) is 5.54. The molecule has 1 aromatic heterocycles. The molecule has 0 aliphatic carbocycles. The Balaban J connectivity index is 1.41. The highest BCUT2D eigenvalue weighted by molar-refractivity contribution is 5.67. The van der Waals surface area contributed by atoms with Gasteiger partial charge in [-0.2, -0.15) is 0 Å². The monoisotopic (exact) mass is 392 g/mol. The van der Waals surface area contributed by atoms with Crippen LogP contribution in [0.1, 0.15) is 37.1 Å². The molecule has 156 valence electrons. The predicted molar refractivity (Wildman–Crippen MR) is 106 cm³/mol. The van der Waals surface area contributed by atoms with Gasteiger partial charge >= 0.3 is 6.09 Å². The Kier molecular flexibility index (Phi) is 7.07. The minimum absolute atomic E-state index is 0.0568. The van der Waals surface area contributed by atoms with Gasteiger partial charge in [0.15, 0.2) is 0 Å². The largest absolute Gasteiger partial charge is 0.447 e. The highest BCUT2D eigenvalue weighted by Crippen LogP contribution is 2.41. The van der Waals surface area contributed by atoms with Gasteiger partial charge in [-0.05, 0) is 51.0 Å². The summed E-state index contributed by atoms with van der Waals surface area (Å²) in [5.41, 5.74) is 2.27. The van der Waals surface area contributed by atoms with E-state index < -0.39 is 6.09 Å². The normalized spacial score (nSPS) is 21.5. The molecule has 1 amide bonds. The van der Waals surface area contributed by atoms with Gasteiger partial charge in [0.2, 0.25) is 5.95 Å². The Hall–Kier alpha value is -1.93. The average Bonchev–Trinajstić information content (AvgIpc) is 2.68. The number of rotatable bonds is 6. The van der Waals surface area contributed by atoms with Gasteiger partial charge in [0.05, 0.1) is 19.3 Å². The van der Waals surface area contributed by atoms with Crippen LogP contribution in [0.15, 0.2) is 6.07 Å². The lowest BCUT2D eigenvalue weighted by Gasteiger charge is -2.45. The zero-order chi connectivity index (χ0) is 20.0. The highest BCUT2D eigenvalue weighted by Gasteiger charge is 2.39. The lowest BCUT2D eigenvalue weighted by Crippen LogP contribution is -2.48. The number of alkyl carbamates (subject to hydrolysis) is 1. The summed E-state index contributed by atoms with van der Waals surface area (Å²) in [4.78, 5) is 23.1. The quantitative estimate of drug-likeness (QED) is 0.743. The average molecular weight is 393 g/mol. The number of aryl methyl sites for hydroxylation is 2. The van der Waals surface area contributed by atoms with E-state index in [0.29, 0.717) is 13.2 Å². The maximum Gasteiger partial charge on any atom is 0.407 e. The Labute approximate surface area is 167 Å². The molecule has 1 aromatic rings. The number of amides is 1. The molecule has 8 nitrogen and oxygen atoms in total. The van der Waals surface area contributed by atoms with Crippen molar-refractivity contribution in [3.63, 3.8) is 0 Å². The van der Waals surface area contributed by atoms with Gasteiger partial charge in [-0.15, -0.1) is 0 Å². The second-order valence-corrected chi connectivity index (χ2v) is 7.92. The minimum atomic E-state index is -0.414. The summed E-state index contributed by atoms with van der Waals surface area (Å²) in [6.45, 7) is 7.85. The fourth-order valence-electron chi connectivity index (χ4n) is 3.97. The molecule has 1 spiro atoms. The van der Waals surface area contributed by atoms with E-state index in [2.05, 4.69) is 20.2 Å². The van der Waals surface area contributed by atoms with Crippen molar-refractivity contribution in [3.05, 3.63) is 17.5 Å². The first kappa shape index (κ1) is 20.8. The molecule has 2 aliphatic heterocycles. The first-order chi connectivity index (χ1) is 13.5. The molecule has 8 heteroatoms. The highest BCUT2D eigenvalue weighted by atomic mass is 16.6. The van der Waals surface area contributed by atoms with Crippen molar-refractivity contribution in [3.8, 4) is 0 Å². The summed E-state index contributed by atoms with van der Waals surface area (Å²) in [6, 6.07) is 2.01. The van der Waals surface area contributed by atoms with Crippen molar-refractivity contribution in [1.29, 1.82) is 0 Å². The van der Waals surface area contributed by atoms with E-state index in [1.165, 1.54) is 0 Å². The minimum Gasteiger partial charge on any atom is -0.447 e. The van der Waals surface area contributed by atoms with Gasteiger partial charge in [0.25, 0.3) is 0 Å². The van der Waals surface area contributed by atoms with E-state index in [9.17, 15) is 4.79 Å². The maximum atomic E-state index is 11.6. The number of nitrogens with one attached hydrogen (secondary N) is 1. The number of hydrogen-bond donors (Lipinski definition) is 1. The number of piperidine rings is 1. The molecule has 28 heavy (non-hydrogen) atoms. The molecule has 3 rings (SSSR count). The number of anilines is 1. The molecule has 2 saturated heterocycles. The SMILES string of the molecule is COCCOC(=O)NC[C@@H]1CCC2(CCN(c3nc(C)cc(C)n3)CC2)CO1. The van der Waals surface area contributed by atoms with Crippen molar-refractivity contribution in [2.75, 3.05) is 51.5 Å². The van der Waals surface area contributed by atoms with Crippen LogP contribution in [-0.2, 0) is 14.2 Å². The van der Waals surface area contributed by atoms with Crippen LogP contribution in [-0.4, -0.2) is 68.7 Å². The first-order valence-electron chi connectivity index (χ1n) is 10.1. The third-order valence-corrected chi connectivity index (χ3v) is 5.69. The lowest BCUT2D eigenvalue weighted by atomic mass is 9.73. The van der Waals surface area contributed by atoms with E-state index in [4.69, 9.17) is 14.2 Å². The van der Waals surface area contributed by atoms with Crippen LogP contribution in [0.3, 0.4) is 0 Å². The molecule has 1 atom stereocenters. The Morgan fingerprint density at radius 2 is 1.96 bits per heavy atom. The molecule has 2 fully saturated rings. The predicted octanol–water partition coefficient (Wildman–Crippen LogP) is 2.23. The fourth-order valence-corrected chi connectivity index (χ4v) is 3.97. The molecule has 0 saturated carbocycles. The summed E-state index contributed by atoms with van der Waals surface area (Å²) >= 11 is 0. The lowest BCUT2D eigenvalue weighted by molar-refractivity contribution is -0.0704. The Morgan fingerprint density at radius 3 is 2.57 bits per heavy atom. The molecule has 2 aliphatic rings. The topological polar surface area (TPSA) is 85.8 Å². The van der Waals surface area contributed by atoms with Crippen molar-refractivity contribution in [2.24, 2.45) is 5.41 Å². The number of aromatic nitrogens is 2. The van der Waals surface area contributed by atoms with Crippen LogP contribution in [0.25, 0.3) is 0 Å². The van der Waals surface area contributed by atoms with Gasteiger partial charge in [0.1, 0.15) is 6.61 Å². The van der Waals surface area contributed by atoms with Crippen LogP contribution in [0.4, 0.5) is 10.7 Å². The van der Waals surface area contributed by atoms with E-state index in [-0.39, 0.29) is 18.1 Å². The zero-order valence-electron chi connectivity index (χ0n) is 17.2. The number of nitrogens with zero attached hydrogens (tertiary/aromatic N) is 3. The fraction of sp³-hybridized carbons (Fsp3) is 0.750. The summed E-state index contributed by atoms with van der Waals surface area (Å²) in [6.07, 6.45) is 3.90. The Morgan fingerprint density at radius 1 is 1.25 bits per heavy atom. The number of carbonyl (C=O) groups excluding carboxylic acids is 1. The van der Waals surface area contributed by atoms with Crippen molar-refractivity contribution in [1.82, 2.24) is 15.3 Å². The van der Waals surface area contributed by atoms with Gasteiger partial charge < -0.3 is 24.4 Å². The number of ether oxygens (including phenoxy) is 3. The third-order valence-electron chi connectivity index (χ3n) is 5.69. The zero-order valence-corrected chi connectivity index (χ0v) is 17.2. The second kappa shape index (κ2) is 9.52. The molecule has 0 unspecified atom stereocenters. The summed E-state index contributed by atoms with van der Waals surface area (Å²) in [5, 5.41) is 2.78. The standard InChI is InChI=1S/C20H32N4O4/c1-15-12-16(2)23-18(22-15)24-8-6-20(7-9-24)5-4-17(28-14-20)13-21-19(25)27-11-10-26-3/h12,17H,4-11,13-14H2,1-3H3,(H,21,25)/t17-/m0/s1. The van der Waals surface area contributed by atoms with Crippen LogP contribution < -0.4 is 10.2 Å². The van der Waals surface area contributed by atoms with Gasteiger partial charge in [-0.3, -0.25) is 0 Å². The van der Waals surface area contributed by atoms with Crippen LogP contribution in [0.2, 0.25) is 0 Å². The molecule has 0 aromatic carbocycles. The molecular formula is C20H32N4O4. The van der Waals surface area contributed by atoms with Gasteiger partial charge in [0, 0.05) is 38.1 Å². The van der Waals surface area contributed by atoms with Crippen molar-refractivity contribution >= 4 is 12.0 Å². The van der Waals surface area contributed by atoms with Gasteiger partial charge in [-0.1, -0.05) is 0 Å². The second-order valence-electron chi connectivity index (χ2n) is 7.92. The van der Waals surface area contributed by atoms with Crippen LogP contribution in [0.5, 0.6) is 0 Å². The number of methoxy groups -OCH3 is 1. The molecule has 0 radical (unpaired) electrons. The van der Waals surface area contributed by atoms with Crippen molar-refractivity contribution < 1.29 is 19.0 Å². The number of carbonyl (C=O) groups is 1. The van der Waals surface area contributed by atoms with Crippen molar-refractivity contribution in [2.45, 2.75) is 45.6 Å². The van der Waals surface area contributed by atoms with E-state index in [1.807, 2.05) is 19.9 Å². The van der Waals surface area contributed by atoms with E-state index in [1.54, 1.807) is 7.11 Å². The summed E-state index contributed by atoms with van der Waals surface area (Å²) in [7, 11) is 1.58. The molecule has 1 N–H and O–H groups in total. The molecular weight excluding hydrogens is 360 g/mol. The molecule has 3 heterocycles. The summed E-state index contributed by atoms with van der Waals surface area (Å²) < 4.78 is 15.9.